The first kappa shape index (κ1) is 26.3. The van der Waals surface area contributed by atoms with E-state index < -0.39 is 21.4 Å². The summed E-state index contributed by atoms with van der Waals surface area (Å²) in [7, 11) is -5.73. The highest BCUT2D eigenvalue weighted by Gasteiger charge is 2.48. The van der Waals surface area contributed by atoms with Crippen molar-refractivity contribution in [2.24, 2.45) is 0 Å². The van der Waals surface area contributed by atoms with Gasteiger partial charge in [-0.15, -0.1) is 0 Å². The SMILES string of the molecule is O=S(=O)(Oc1ccc2ncc(CCCCc3cncc(COC4CCCCO4)c3)cc2c1)C(F)(F)F. The van der Waals surface area contributed by atoms with Crippen molar-refractivity contribution in [1.29, 1.82) is 0 Å². The van der Waals surface area contributed by atoms with Gasteiger partial charge in [0.1, 0.15) is 5.75 Å². The summed E-state index contributed by atoms with van der Waals surface area (Å²) < 4.78 is 75.9. The number of halogens is 3. The van der Waals surface area contributed by atoms with Crippen LogP contribution in [-0.4, -0.2) is 36.8 Å². The molecule has 3 heterocycles. The highest BCUT2D eigenvalue weighted by atomic mass is 32.2. The summed E-state index contributed by atoms with van der Waals surface area (Å²) in [5.74, 6) is -0.412. The third-order valence-electron chi connectivity index (χ3n) is 5.80. The molecular formula is C25H27F3N2O5S. The Balaban J connectivity index is 1.29. The number of unbranched alkanes of at least 4 members (excludes halogenated alkanes) is 1. The largest absolute Gasteiger partial charge is 0.534 e. The van der Waals surface area contributed by atoms with Gasteiger partial charge < -0.3 is 13.7 Å². The van der Waals surface area contributed by atoms with Crippen LogP contribution in [0.1, 0.15) is 48.8 Å². The average molecular weight is 525 g/mol. The van der Waals surface area contributed by atoms with E-state index in [2.05, 4.69) is 20.2 Å². The number of benzene rings is 1. The van der Waals surface area contributed by atoms with Gasteiger partial charge in [-0.2, -0.15) is 21.6 Å². The molecule has 0 radical (unpaired) electrons. The van der Waals surface area contributed by atoms with E-state index in [4.69, 9.17) is 9.47 Å². The van der Waals surface area contributed by atoms with Gasteiger partial charge >= 0.3 is 15.6 Å². The summed E-state index contributed by atoms with van der Waals surface area (Å²) in [6.45, 7) is 1.20. The number of fused-ring (bicyclic) bond motifs is 1. The standard InChI is InChI=1S/C25H27F3N2O5S/c26-25(27,28)36(31,32)35-22-8-9-23-21(13-22)12-19(16-30-23)6-2-1-5-18-11-20(15-29-14-18)17-34-24-7-3-4-10-33-24/h8-9,11-16,24H,1-7,10,17H2. The quantitative estimate of drug-likeness (QED) is 0.198. The van der Waals surface area contributed by atoms with Crippen LogP contribution in [0.4, 0.5) is 13.2 Å². The number of aryl methyl sites for hydroxylation is 2. The lowest BCUT2D eigenvalue weighted by molar-refractivity contribution is -0.168. The number of pyridine rings is 2. The highest BCUT2D eigenvalue weighted by molar-refractivity contribution is 7.88. The van der Waals surface area contributed by atoms with E-state index in [0.717, 1.165) is 67.9 Å². The zero-order valence-electron chi connectivity index (χ0n) is 19.5. The zero-order chi connectivity index (χ0) is 25.6. The van der Waals surface area contributed by atoms with E-state index in [1.165, 1.54) is 12.1 Å². The van der Waals surface area contributed by atoms with Crippen molar-refractivity contribution in [3.63, 3.8) is 0 Å². The predicted molar refractivity (Wildman–Crippen MR) is 127 cm³/mol. The molecule has 0 saturated carbocycles. The lowest BCUT2D eigenvalue weighted by Gasteiger charge is -2.22. The van der Waals surface area contributed by atoms with Gasteiger partial charge in [-0.05, 0) is 85.9 Å². The fourth-order valence-corrected chi connectivity index (χ4v) is 4.42. The van der Waals surface area contributed by atoms with Crippen molar-refractivity contribution in [1.82, 2.24) is 9.97 Å². The average Bonchev–Trinajstić information content (AvgIpc) is 2.85. The Morgan fingerprint density at radius 2 is 1.72 bits per heavy atom. The second-order valence-electron chi connectivity index (χ2n) is 8.70. The van der Waals surface area contributed by atoms with Crippen LogP contribution >= 0.6 is 0 Å². The Morgan fingerprint density at radius 1 is 0.972 bits per heavy atom. The molecule has 3 aromatic rings. The highest BCUT2D eigenvalue weighted by Crippen LogP contribution is 2.29. The molecule has 0 N–H and O–H groups in total. The van der Waals surface area contributed by atoms with E-state index in [9.17, 15) is 21.6 Å². The Kier molecular flexibility index (Phi) is 8.43. The van der Waals surface area contributed by atoms with Crippen molar-refractivity contribution >= 4 is 21.0 Å². The number of alkyl halides is 3. The van der Waals surface area contributed by atoms with Crippen molar-refractivity contribution in [2.45, 2.75) is 63.4 Å². The molecule has 36 heavy (non-hydrogen) atoms. The molecule has 1 unspecified atom stereocenters. The number of hydrogen-bond donors (Lipinski definition) is 0. The third-order valence-corrected chi connectivity index (χ3v) is 6.78. The molecule has 0 aliphatic carbocycles. The van der Waals surface area contributed by atoms with Crippen LogP contribution in [-0.2, 0) is 39.0 Å². The molecule has 194 valence electrons. The van der Waals surface area contributed by atoms with Crippen LogP contribution in [0.3, 0.4) is 0 Å². The number of aromatic nitrogens is 2. The molecule has 1 aromatic carbocycles. The van der Waals surface area contributed by atoms with Crippen LogP contribution in [0.5, 0.6) is 5.75 Å². The molecule has 1 saturated heterocycles. The lowest BCUT2D eigenvalue weighted by Crippen LogP contribution is -2.28. The van der Waals surface area contributed by atoms with Gasteiger partial charge in [-0.1, -0.05) is 6.07 Å². The van der Waals surface area contributed by atoms with Gasteiger partial charge in [-0.3, -0.25) is 9.97 Å². The first-order valence-corrected chi connectivity index (χ1v) is 13.2. The maximum absolute atomic E-state index is 12.6. The molecule has 1 aliphatic rings. The smallest absolute Gasteiger partial charge is 0.376 e. The van der Waals surface area contributed by atoms with Crippen LogP contribution in [0, 0.1) is 0 Å². The molecule has 2 aromatic heterocycles. The number of rotatable bonds is 10. The third kappa shape index (κ3) is 7.14. The minimum atomic E-state index is -5.73. The minimum absolute atomic E-state index is 0.144. The van der Waals surface area contributed by atoms with Gasteiger partial charge in [0.2, 0.25) is 0 Å². The minimum Gasteiger partial charge on any atom is -0.376 e. The summed E-state index contributed by atoms with van der Waals surface area (Å²) in [5, 5.41) is 0.501. The van der Waals surface area contributed by atoms with Gasteiger partial charge in [0.25, 0.3) is 0 Å². The van der Waals surface area contributed by atoms with Crippen LogP contribution < -0.4 is 4.18 Å². The zero-order valence-corrected chi connectivity index (χ0v) is 20.4. The molecular weight excluding hydrogens is 497 g/mol. The second kappa shape index (κ2) is 11.5. The van der Waals surface area contributed by atoms with Gasteiger partial charge in [0.05, 0.1) is 12.1 Å². The first-order chi connectivity index (χ1) is 17.2. The summed E-state index contributed by atoms with van der Waals surface area (Å²) in [6, 6.07) is 7.68. The Morgan fingerprint density at radius 3 is 2.44 bits per heavy atom. The second-order valence-corrected chi connectivity index (χ2v) is 10.2. The normalized spacial score (nSPS) is 16.8. The van der Waals surface area contributed by atoms with Crippen molar-refractivity contribution in [2.75, 3.05) is 6.61 Å². The molecule has 1 aliphatic heterocycles. The molecule has 1 atom stereocenters. The topological polar surface area (TPSA) is 87.6 Å². The number of nitrogens with zero attached hydrogens (tertiary/aromatic N) is 2. The van der Waals surface area contributed by atoms with Crippen molar-refractivity contribution in [3.05, 3.63) is 65.6 Å². The van der Waals surface area contributed by atoms with E-state index >= 15 is 0 Å². The fraction of sp³-hybridized carbons (Fsp3) is 0.440. The van der Waals surface area contributed by atoms with Gasteiger partial charge in [-0.25, -0.2) is 0 Å². The lowest BCUT2D eigenvalue weighted by atomic mass is 10.0. The molecule has 0 bridgehead atoms. The maximum atomic E-state index is 12.6. The van der Waals surface area contributed by atoms with E-state index in [1.807, 2.05) is 6.20 Å². The van der Waals surface area contributed by atoms with E-state index in [1.54, 1.807) is 18.5 Å². The first-order valence-electron chi connectivity index (χ1n) is 11.7. The van der Waals surface area contributed by atoms with Crippen LogP contribution in [0.25, 0.3) is 10.9 Å². The van der Waals surface area contributed by atoms with E-state index in [-0.39, 0.29) is 6.29 Å². The Hall–Kier alpha value is -2.76. The van der Waals surface area contributed by atoms with Crippen molar-refractivity contribution < 1.29 is 35.2 Å². The summed E-state index contributed by atoms with van der Waals surface area (Å²) >= 11 is 0. The Labute approximate surface area is 207 Å². The van der Waals surface area contributed by atoms with Gasteiger partial charge in [0, 0.05) is 30.6 Å². The number of hydrogen-bond acceptors (Lipinski definition) is 7. The van der Waals surface area contributed by atoms with Gasteiger partial charge in [0.15, 0.2) is 6.29 Å². The monoisotopic (exact) mass is 524 g/mol. The molecule has 7 nitrogen and oxygen atoms in total. The molecule has 11 heteroatoms. The summed E-state index contributed by atoms with van der Waals surface area (Å²) in [5.41, 5.74) is -1.95. The fourth-order valence-electron chi connectivity index (χ4n) is 3.96. The summed E-state index contributed by atoms with van der Waals surface area (Å²) in [4.78, 5) is 8.63. The van der Waals surface area contributed by atoms with E-state index in [0.29, 0.717) is 23.9 Å². The van der Waals surface area contributed by atoms with Crippen LogP contribution in [0.2, 0.25) is 0 Å². The van der Waals surface area contributed by atoms with Crippen LogP contribution in [0.15, 0.2) is 48.9 Å². The summed E-state index contributed by atoms with van der Waals surface area (Å²) in [6.07, 6.45) is 11.6. The maximum Gasteiger partial charge on any atom is 0.534 e. The number of ether oxygens (including phenoxy) is 2. The molecule has 0 spiro atoms. The molecule has 1 fully saturated rings. The molecule has 0 amide bonds. The van der Waals surface area contributed by atoms with Crippen molar-refractivity contribution in [3.8, 4) is 5.75 Å². The Bertz CT molecular complexity index is 1280. The predicted octanol–water partition coefficient (Wildman–Crippen LogP) is 5.47. The molecule has 4 rings (SSSR count).